The van der Waals surface area contributed by atoms with E-state index in [1.807, 2.05) is 0 Å². The first-order valence-corrected chi connectivity index (χ1v) is 3.73. The summed E-state index contributed by atoms with van der Waals surface area (Å²) in [6.07, 6.45) is 0. The molecule has 0 saturated carbocycles. The van der Waals surface area contributed by atoms with Crippen LogP contribution < -0.4 is 0 Å². The minimum absolute atomic E-state index is 0.478. The normalized spacial score (nSPS) is 8.53. The third-order valence-corrected chi connectivity index (χ3v) is 1.44. The molecule has 0 bridgehead atoms. The third-order valence-electron chi connectivity index (χ3n) is 1.44. The number of hydrogen-bond donors (Lipinski definition) is 2. The molecule has 0 atom stereocenters. The van der Waals surface area contributed by atoms with Gasteiger partial charge in [-0.05, 0) is 6.07 Å². The molecule has 0 aliphatic carbocycles. The Morgan fingerprint density at radius 1 is 1.40 bits per heavy atom. The first kappa shape index (κ1) is 12.6. The molecule has 0 aromatic heterocycles. The lowest BCUT2D eigenvalue weighted by Crippen LogP contribution is -1.98. The smallest absolute Gasteiger partial charge is 0.339 e. The summed E-state index contributed by atoms with van der Waals surface area (Å²) in [6.45, 7) is 6.00. The Morgan fingerprint density at radius 3 is 2.33 bits per heavy atom. The Labute approximate surface area is 85.2 Å². The molecule has 6 heteroatoms. The van der Waals surface area contributed by atoms with Crippen molar-refractivity contribution in [2.75, 3.05) is 0 Å². The van der Waals surface area contributed by atoms with Crippen LogP contribution in [0.15, 0.2) is 31.4 Å². The average Bonchev–Trinajstić information content (AvgIpc) is 2.20. The van der Waals surface area contributed by atoms with E-state index in [1.54, 1.807) is 0 Å². The van der Waals surface area contributed by atoms with Crippen LogP contribution in [0, 0.1) is 10.1 Å². The molecule has 0 heterocycles. The summed E-state index contributed by atoms with van der Waals surface area (Å²) in [6, 6.07) is 3.31. The van der Waals surface area contributed by atoms with E-state index in [4.69, 9.17) is 10.2 Å². The lowest BCUT2D eigenvalue weighted by Gasteiger charge is -1.98. The third kappa shape index (κ3) is 2.80. The minimum Gasteiger partial charge on any atom is -0.501 e. The largest absolute Gasteiger partial charge is 0.501 e. The van der Waals surface area contributed by atoms with E-state index in [0.29, 0.717) is 0 Å². The number of phenols is 1. The Bertz CT molecular complexity index is 356. The summed E-state index contributed by atoms with van der Waals surface area (Å²) in [5, 5.41) is 27.8. The monoisotopic (exact) mass is 211 g/mol. The van der Waals surface area contributed by atoms with Crippen LogP contribution in [0.25, 0.3) is 0 Å². The number of benzene rings is 1. The standard InChI is InChI=1S/C7H5NO5.C2H4/c9-6-4(7(10)11)2-1-3-5(6)8(12)13;1-2/h1-3,9H,(H,10,11);1-2H2. The fourth-order valence-corrected chi connectivity index (χ4v) is 0.851. The average molecular weight is 211 g/mol. The summed E-state index contributed by atoms with van der Waals surface area (Å²) < 4.78 is 0. The number of carboxylic acids is 1. The highest BCUT2D eigenvalue weighted by atomic mass is 16.6. The van der Waals surface area contributed by atoms with Gasteiger partial charge in [-0.25, -0.2) is 4.79 Å². The van der Waals surface area contributed by atoms with Gasteiger partial charge < -0.3 is 10.2 Å². The Hall–Kier alpha value is -2.37. The van der Waals surface area contributed by atoms with Crippen LogP contribution in [0.1, 0.15) is 10.4 Å². The molecule has 0 fully saturated rings. The molecule has 80 valence electrons. The predicted octanol–water partition coefficient (Wildman–Crippen LogP) is 1.80. The van der Waals surface area contributed by atoms with Crippen molar-refractivity contribution in [1.82, 2.24) is 0 Å². The van der Waals surface area contributed by atoms with Gasteiger partial charge in [-0.3, -0.25) is 10.1 Å². The van der Waals surface area contributed by atoms with Gasteiger partial charge in [-0.1, -0.05) is 6.07 Å². The van der Waals surface area contributed by atoms with Gasteiger partial charge in [0.2, 0.25) is 5.75 Å². The molecule has 0 saturated heterocycles. The van der Waals surface area contributed by atoms with E-state index in [-0.39, 0.29) is 0 Å². The van der Waals surface area contributed by atoms with Gasteiger partial charge in [0, 0.05) is 6.07 Å². The first-order valence-electron chi connectivity index (χ1n) is 3.73. The van der Waals surface area contributed by atoms with Crippen molar-refractivity contribution in [3.05, 3.63) is 47.0 Å². The zero-order valence-electron chi connectivity index (χ0n) is 7.71. The first-order chi connectivity index (χ1) is 7.04. The van der Waals surface area contributed by atoms with Gasteiger partial charge >= 0.3 is 11.7 Å². The molecule has 0 aliphatic heterocycles. The number of aromatic hydroxyl groups is 1. The maximum atomic E-state index is 10.4. The van der Waals surface area contributed by atoms with Crippen LogP contribution >= 0.6 is 0 Å². The summed E-state index contributed by atoms with van der Waals surface area (Å²) >= 11 is 0. The fourth-order valence-electron chi connectivity index (χ4n) is 0.851. The number of nitrogens with zero attached hydrogens (tertiary/aromatic N) is 1. The molecule has 1 aromatic carbocycles. The van der Waals surface area contributed by atoms with Crippen LogP contribution in [0.5, 0.6) is 5.75 Å². The second kappa shape index (κ2) is 5.38. The van der Waals surface area contributed by atoms with E-state index in [1.165, 1.54) is 6.07 Å². The van der Waals surface area contributed by atoms with Gasteiger partial charge in [0.25, 0.3) is 0 Å². The zero-order valence-corrected chi connectivity index (χ0v) is 7.71. The Morgan fingerprint density at radius 2 is 1.93 bits per heavy atom. The summed E-state index contributed by atoms with van der Waals surface area (Å²) in [4.78, 5) is 19.8. The lowest BCUT2D eigenvalue weighted by molar-refractivity contribution is -0.385. The highest BCUT2D eigenvalue weighted by Gasteiger charge is 2.19. The summed E-state index contributed by atoms with van der Waals surface area (Å²) in [7, 11) is 0. The SMILES string of the molecule is C=C.O=C(O)c1cccc([N+](=O)[O-])c1O. The lowest BCUT2D eigenvalue weighted by atomic mass is 10.2. The van der Waals surface area contributed by atoms with Crippen molar-refractivity contribution in [1.29, 1.82) is 0 Å². The Kier molecular flexibility index (Phi) is 4.53. The van der Waals surface area contributed by atoms with Gasteiger partial charge in [0.1, 0.15) is 5.56 Å². The van der Waals surface area contributed by atoms with Gasteiger partial charge in [0.05, 0.1) is 4.92 Å². The molecular formula is C9H9NO5. The van der Waals surface area contributed by atoms with Gasteiger partial charge in [0.15, 0.2) is 0 Å². The number of nitro benzene ring substituents is 1. The minimum atomic E-state index is -1.40. The van der Waals surface area contributed by atoms with Crippen molar-refractivity contribution < 1.29 is 19.9 Å². The number of carbonyl (C=O) groups is 1. The molecule has 0 amide bonds. The van der Waals surface area contributed by atoms with Gasteiger partial charge in [-0.2, -0.15) is 0 Å². The highest BCUT2D eigenvalue weighted by molar-refractivity contribution is 5.92. The fraction of sp³-hybridized carbons (Fsp3) is 0. The quantitative estimate of drug-likeness (QED) is 0.441. The number of hydrogen-bond acceptors (Lipinski definition) is 4. The van der Waals surface area contributed by atoms with E-state index in [0.717, 1.165) is 12.1 Å². The molecule has 1 rings (SSSR count). The molecule has 0 aliphatic rings. The molecule has 0 spiro atoms. The molecule has 0 radical (unpaired) electrons. The van der Waals surface area contributed by atoms with Gasteiger partial charge in [-0.15, -0.1) is 13.2 Å². The van der Waals surface area contributed by atoms with E-state index < -0.39 is 27.9 Å². The molecule has 0 unspecified atom stereocenters. The zero-order chi connectivity index (χ0) is 12.0. The Balaban J connectivity index is 0.000000921. The molecular weight excluding hydrogens is 202 g/mol. The summed E-state index contributed by atoms with van der Waals surface area (Å²) in [5.41, 5.74) is -1.09. The van der Waals surface area contributed by atoms with Crippen LogP contribution in [0.3, 0.4) is 0 Å². The maximum absolute atomic E-state index is 10.4. The summed E-state index contributed by atoms with van der Waals surface area (Å²) in [5.74, 6) is -2.22. The van der Waals surface area contributed by atoms with Crippen molar-refractivity contribution >= 4 is 11.7 Å². The number of nitro groups is 1. The number of carboxylic acid groups (broad SMARTS) is 1. The predicted molar refractivity (Wildman–Crippen MR) is 53.0 cm³/mol. The van der Waals surface area contributed by atoms with Crippen LogP contribution in [-0.4, -0.2) is 21.1 Å². The van der Waals surface area contributed by atoms with Crippen molar-refractivity contribution in [3.63, 3.8) is 0 Å². The molecule has 15 heavy (non-hydrogen) atoms. The van der Waals surface area contributed by atoms with E-state index >= 15 is 0 Å². The van der Waals surface area contributed by atoms with Crippen LogP contribution in [0.4, 0.5) is 5.69 Å². The molecule has 1 aromatic rings. The van der Waals surface area contributed by atoms with Crippen molar-refractivity contribution in [2.24, 2.45) is 0 Å². The molecule has 2 N–H and O–H groups in total. The van der Waals surface area contributed by atoms with E-state index in [9.17, 15) is 14.9 Å². The van der Waals surface area contributed by atoms with Crippen molar-refractivity contribution in [2.45, 2.75) is 0 Å². The van der Waals surface area contributed by atoms with Crippen LogP contribution in [-0.2, 0) is 0 Å². The molecule has 6 nitrogen and oxygen atoms in total. The topological polar surface area (TPSA) is 101 Å². The second-order valence-electron chi connectivity index (χ2n) is 2.24. The number of para-hydroxylation sites is 1. The second-order valence-corrected chi connectivity index (χ2v) is 2.24. The van der Waals surface area contributed by atoms with Crippen LogP contribution in [0.2, 0.25) is 0 Å². The number of aromatic carboxylic acids is 1. The van der Waals surface area contributed by atoms with Crippen molar-refractivity contribution in [3.8, 4) is 5.75 Å². The number of rotatable bonds is 2. The van der Waals surface area contributed by atoms with E-state index in [2.05, 4.69) is 13.2 Å². The highest BCUT2D eigenvalue weighted by Crippen LogP contribution is 2.28. The maximum Gasteiger partial charge on any atom is 0.339 e.